The smallest absolute Gasteiger partial charge is 0.330 e. The summed E-state index contributed by atoms with van der Waals surface area (Å²) in [4.78, 5) is 11.2. The van der Waals surface area contributed by atoms with Crippen molar-refractivity contribution in [3.63, 3.8) is 0 Å². The molecule has 3 heteroatoms. The molecule has 0 saturated heterocycles. The molecule has 0 aromatic carbocycles. The average molecular weight is 254 g/mol. The summed E-state index contributed by atoms with van der Waals surface area (Å²) in [6.07, 6.45) is 3.35. The van der Waals surface area contributed by atoms with Gasteiger partial charge in [-0.15, -0.1) is 0 Å². The number of esters is 1. The molecule has 0 N–H and O–H groups in total. The maximum absolute atomic E-state index is 11.2. The third-order valence-corrected chi connectivity index (χ3v) is 8.33. The zero-order chi connectivity index (χ0) is 13.7. The van der Waals surface area contributed by atoms with Crippen LogP contribution in [0.2, 0.25) is 18.1 Å². The van der Waals surface area contributed by atoms with Crippen molar-refractivity contribution in [2.24, 2.45) is 0 Å². The van der Waals surface area contributed by atoms with Gasteiger partial charge in [-0.05, 0) is 18.9 Å². The number of carbonyl (C=O) groups is 1. The van der Waals surface area contributed by atoms with Gasteiger partial charge in [-0.3, -0.25) is 0 Å². The normalized spacial score (nSPS) is 14.2. The van der Waals surface area contributed by atoms with Crippen molar-refractivity contribution in [1.82, 2.24) is 0 Å². The number of allylic oxidation sites excluding steroid dienone is 2. The van der Waals surface area contributed by atoms with Gasteiger partial charge in [0.15, 0.2) is 0 Å². The molecule has 0 rings (SSSR count). The lowest BCUT2D eigenvalue weighted by Crippen LogP contribution is -2.35. The van der Waals surface area contributed by atoms with Crippen molar-refractivity contribution >= 4 is 14.0 Å². The standard InChI is InChI=1S/C14H26O2Si/c1-8-16-13(15)10-9-12(2)11-17(6,7)14(3,4)5/h9-11H,8H2,1-7H3/b10-9+,12-11+. The van der Waals surface area contributed by atoms with Crippen LogP contribution in [0, 0.1) is 0 Å². The minimum atomic E-state index is -1.42. The van der Waals surface area contributed by atoms with Crippen LogP contribution in [0.3, 0.4) is 0 Å². The molecule has 0 spiro atoms. The van der Waals surface area contributed by atoms with Gasteiger partial charge in [0.25, 0.3) is 0 Å². The van der Waals surface area contributed by atoms with Crippen LogP contribution in [0.5, 0.6) is 0 Å². The summed E-state index contributed by atoms with van der Waals surface area (Å²) in [5.41, 5.74) is 3.48. The molecule has 0 aromatic heterocycles. The van der Waals surface area contributed by atoms with Gasteiger partial charge in [-0.25, -0.2) is 4.79 Å². The molecule has 0 aliphatic heterocycles. The van der Waals surface area contributed by atoms with Gasteiger partial charge in [0.2, 0.25) is 0 Å². The Hall–Kier alpha value is -0.833. The van der Waals surface area contributed by atoms with Gasteiger partial charge in [-0.2, -0.15) is 0 Å². The van der Waals surface area contributed by atoms with Crippen LogP contribution in [-0.2, 0) is 9.53 Å². The predicted octanol–water partition coefficient (Wildman–Crippen LogP) is 4.10. The van der Waals surface area contributed by atoms with Gasteiger partial charge in [0, 0.05) is 6.08 Å². The molecule has 0 atom stereocenters. The fourth-order valence-electron chi connectivity index (χ4n) is 1.22. The Balaban J connectivity index is 4.72. The molecule has 0 aliphatic rings. The third-order valence-electron chi connectivity index (χ3n) is 3.29. The van der Waals surface area contributed by atoms with E-state index in [-0.39, 0.29) is 5.97 Å². The number of hydrogen-bond donors (Lipinski definition) is 0. The van der Waals surface area contributed by atoms with Crippen molar-refractivity contribution in [2.75, 3.05) is 6.61 Å². The van der Waals surface area contributed by atoms with Crippen molar-refractivity contribution in [3.8, 4) is 0 Å². The van der Waals surface area contributed by atoms with Crippen molar-refractivity contribution < 1.29 is 9.53 Å². The van der Waals surface area contributed by atoms with E-state index in [2.05, 4.69) is 39.6 Å². The lowest BCUT2D eigenvalue weighted by Gasteiger charge is -2.34. The molecule has 0 unspecified atom stereocenters. The number of hydrogen-bond acceptors (Lipinski definition) is 2. The van der Waals surface area contributed by atoms with Crippen LogP contribution in [0.25, 0.3) is 0 Å². The summed E-state index contributed by atoms with van der Waals surface area (Å²) in [7, 11) is -1.42. The molecular formula is C14H26O2Si. The molecule has 2 nitrogen and oxygen atoms in total. The Labute approximate surface area is 107 Å². The first-order valence-corrected chi connectivity index (χ1v) is 9.22. The Bertz CT molecular complexity index is 320. The number of carbonyl (C=O) groups excluding carboxylic acids is 1. The summed E-state index contributed by atoms with van der Waals surface area (Å²) < 4.78 is 4.85. The van der Waals surface area contributed by atoms with Crippen LogP contribution < -0.4 is 0 Å². The second-order valence-corrected chi connectivity index (χ2v) is 11.2. The molecule has 0 aliphatic carbocycles. The molecule has 0 aromatic rings. The van der Waals surface area contributed by atoms with Gasteiger partial charge in [0.05, 0.1) is 14.7 Å². The minimum Gasteiger partial charge on any atom is -0.463 e. The van der Waals surface area contributed by atoms with E-state index >= 15 is 0 Å². The molecule has 0 fully saturated rings. The lowest BCUT2D eigenvalue weighted by atomic mass is 10.2. The predicted molar refractivity (Wildman–Crippen MR) is 76.7 cm³/mol. The minimum absolute atomic E-state index is 0.268. The molecule has 17 heavy (non-hydrogen) atoms. The SMILES string of the molecule is CCOC(=O)/C=C/C(C)=C/[Si](C)(C)C(C)(C)C. The first-order valence-electron chi connectivity index (χ1n) is 6.14. The highest BCUT2D eigenvalue weighted by atomic mass is 28.3. The molecular weight excluding hydrogens is 228 g/mol. The lowest BCUT2D eigenvalue weighted by molar-refractivity contribution is -0.137. The fourth-order valence-corrected chi connectivity index (χ4v) is 2.89. The van der Waals surface area contributed by atoms with E-state index in [1.165, 1.54) is 6.08 Å². The Morgan fingerprint density at radius 2 is 1.76 bits per heavy atom. The highest BCUT2D eigenvalue weighted by Gasteiger charge is 2.32. The Kier molecular flexibility index (Phi) is 5.89. The fraction of sp³-hybridized carbons (Fsp3) is 0.643. The van der Waals surface area contributed by atoms with Gasteiger partial charge in [0.1, 0.15) is 0 Å². The summed E-state index contributed by atoms with van der Waals surface area (Å²) in [5, 5.41) is 0.325. The zero-order valence-electron chi connectivity index (χ0n) is 12.3. The van der Waals surface area contributed by atoms with E-state index in [0.29, 0.717) is 11.6 Å². The van der Waals surface area contributed by atoms with Crippen LogP contribution in [0.15, 0.2) is 23.4 Å². The first kappa shape index (κ1) is 16.2. The quantitative estimate of drug-likeness (QED) is 0.327. The highest BCUT2D eigenvalue weighted by Crippen LogP contribution is 2.37. The summed E-state index contributed by atoms with van der Waals surface area (Å²) in [6.45, 7) is 15.8. The van der Waals surface area contributed by atoms with E-state index in [9.17, 15) is 4.79 Å². The molecule has 0 bridgehead atoms. The highest BCUT2D eigenvalue weighted by molar-refractivity contribution is 6.84. The van der Waals surface area contributed by atoms with Crippen molar-refractivity contribution in [2.45, 2.75) is 52.8 Å². The molecule has 0 heterocycles. The Morgan fingerprint density at radius 3 is 2.18 bits per heavy atom. The van der Waals surface area contributed by atoms with E-state index in [0.717, 1.165) is 5.57 Å². The number of rotatable bonds is 4. The van der Waals surface area contributed by atoms with E-state index in [4.69, 9.17) is 4.74 Å². The van der Waals surface area contributed by atoms with Crippen molar-refractivity contribution in [1.29, 1.82) is 0 Å². The first-order chi connectivity index (χ1) is 7.60. The average Bonchev–Trinajstić information content (AvgIpc) is 2.12. The summed E-state index contributed by atoms with van der Waals surface area (Å²) >= 11 is 0. The van der Waals surface area contributed by atoms with E-state index in [1.807, 2.05) is 19.9 Å². The molecule has 0 radical (unpaired) electrons. The molecule has 0 saturated carbocycles. The van der Waals surface area contributed by atoms with Gasteiger partial charge in [-0.1, -0.05) is 51.2 Å². The van der Waals surface area contributed by atoms with Crippen LogP contribution in [0.1, 0.15) is 34.6 Å². The zero-order valence-corrected chi connectivity index (χ0v) is 13.3. The maximum atomic E-state index is 11.2. The maximum Gasteiger partial charge on any atom is 0.330 e. The van der Waals surface area contributed by atoms with Crippen LogP contribution in [0.4, 0.5) is 0 Å². The molecule has 98 valence electrons. The summed E-state index contributed by atoms with van der Waals surface area (Å²) in [5.74, 6) is -0.268. The summed E-state index contributed by atoms with van der Waals surface area (Å²) in [6, 6.07) is 0. The van der Waals surface area contributed by atoms with Crippen LogP contribution >= 0.6 is 0 Å². The van der Waals surface area contributed by atoms with E-state index < -0.39 is 8.07 Å². The van der Waals surface area contributed by atoms with Crippen molar-refractivity contribution in [3.05, 3.63) is 23.4 Å². The second-order valence-electron chi connectivity index (χ2n) is 5.95. The Morgan fingerprint density at radius 1 is 1.24 bits per heavy atom. The monoisotopic (exact) mass is 254 g/mol. The van der Waals surface area contributed by atoms with Gasteiger partial charge >= 0.3 is 5.97 Å². The second kappa shape index (κ2) is 6.19. The largest absolute Gasteiger partial charge is 0.463 e. The van der Waals surface area contributed by atoms with E-state index in [1.54, 1.807) is 0 Å². The molecule has 0 amide bonds. The topological polar surface area (TPSA) is 26.3 Å². The number of ether oxygens (including phenoxy) is 1. The van der Waals surface area contributed by atoms with Crippen LogP contribution in [-0.4, -0.2) is 20.7 Å². The van der Waals surface area contributed by atoms with Gasteiger partial charge < -0.3 is 4.74 Å². The third kappa shape index (κ3) is 5.87.